The van der Waals surface area contributed by atoms with E-state index < -0.39 is 23.0 Å². The van der Waals surface area contributed by atoms with Crippen molar-refractivity contribution in [2.24, 2.45) is 22.3 Å². The Balaban J connectivity index is 4.97. The Hall–Kier alpha value is -0.940. The second-order valence-corrected chi connectivity index (χ2v) is 7.26. The van der Waals surface area contributed by atoms with E-state index in [0.29, 0.717) is 19.4 Å². The van der Waals surface area contributed by atoms with Crippen LogP contribution in [-0.4, -0.2) is 30.4 Å². The molecule has 0 bridgehead atoms. The van der Waals surface area contributed by atoms with Crippen LogP contribution in [0.4, 0.5) is 0 Å². The van der Waals surface area contributed by atoms with Gasteiger partial charge in [-0.3, -0.25) is 9.59 Å². The molecule has 0 saturated heterocycles. The summed E-state index contributed by atoms with van der Waals surface area (Å²) in [6, 6.07) is -0.812. The van der Waals surface area contributed by atoms with Crippen LogP contribution in [-0.2, 0) is 14.3 Å². The fourth-order valence-electron chi connectivity index (χ4n) is 1.61. The Morgan fingerprint density at radius 1 is 1.05 bits per heavy atom. The van der Waals surface area contributed by atoms with Gasteiger partial charge in [0.1, 0.15) is 12.1 Å². The van der Waals surface area contributed by atoms with Crippen LogP contribution in [0.15, 0.2) is 0 Å². The highest BCUT2D eigenvalue weighted by molar-refractivity contribution is 5.89. The Labute approximate surface area is 122 Å². The van der Waals surface area contributed by atoms with Crippen molar-refractivity contribution in [3.63, 3.8) is 0 Å². The van der Waals surface area contributed by atoms with Gasteiger partial charge in [0.25, 0.3) is 0 Å². The molecule has 2 unspecified atom stereocenters. The second-order valence-electron chi connectivity index (χ2n) is 7.26. The molecular formula is C15H30N2O3. The number of carbonyl (C=O) groups excluding carboxylic acids is 2. The normalized spacial score (nSPS) is 15.6. The van der Waals surface area contributed by atoms with E-state index in [4.69, 9.17) is 16.2 Å². The predicted octanol–water partition coefficient (Wildman–Crippen LogP) is 1.63. The lowest BCUT2D eigenvalue weighted by Crippen LogP contribution is -2.49. The second kappa shape index (κ2) is 7.18. The van der Waals surface area contributed by atoms with E-state index in [9.17, 15) is 9.59 Å². The van der Waals surface area contributed by atoms with Crippen LogP contribution in [0, 0.1) is 10.8 Å². The van der Waals surface area contributed by atoms with E-state index >= 15 is 0 Å². The van der Waals surface area contributed by atoms with Crippen molar-refractivity contribution in [3.8, 4) is 0 Å². The van der Waals surface area contributed by atoms with Crippen molar-refractivity contribution >= 4 is 11.8 Å². The molecule has 0 saturated carbocycles. The van der Waals surface area contributed by atoms with E-state index in [2.05, 4.69) is 0 Å². The van der Waals surface area contributed by atoms with Gasteiger partial charge in [0.2, 0.25) is 0 Å². The largest absolute Gasteiger partial charge is 0.460 e. The van der Waals surface area contributed by atoms with Crippen LogP contribution < -0.4 is 11.5 Å². The maximum atomic E-state index is 12.3. The monoisotopic (exact) mass is 286 g/mol. The summed E-state index contributed by atoms with van der Waals surface area (Å²) >= 11 is 0. The van der Waals surface area contributed by atoms with E-state index in [0.717, 1.165) is 0 Å². The van der Waals surface area contributed by atoms with Crippen molar-refractivity contribution in [1.29, 1.82) is 0 Å². The zero-order chi connectivity index (χ0) is 16.1. The Bertz CT molecular complexity index is 340. The van der Waals surface area contributed by atoms with Crippen molar-refractivity contribution in [2.45, 2.75) is 66.5 Å². The van der Waals surface area contributed by atoms with Crippen LogP contribution >= 0.6 is 0 Å². The molecule has 0 aliphatic carbocycles. The summed E-state index contributed by atoms with van der Waals surface area (Å²) in [4.78, 5) is 24.2. The third kappa shape index (κ3) is 6.01. The van der Waals surface area contributed by atoms with Crippen LogP contribution in [0.1, 0.15) is 54.4 Å². The molecule has 0 rings (SSSR count). The summed E-state index contributed by atoms with van der Waals surface area (Å²) in [5.74, 6) is -0.460. The Kier molecular flexibility index (Phi) is 6.84. The van der Waals surface area contributed by atoms with Crippen LogP contribution in [0.3, 0.4) is 0 Å². The summed E-state index contributed by atoms with van der Waals surface area (Å²) in [6.45, 7) is 11.2. The molecular weight excluding hydrogens is 256 g/mol. The minimum Gasteiger partial charge on any atom is -0.460 e. The average molecular weight is 286 g/mol. The number of ether oxygens (including phenoxy) is 1. The Morgan fingerprint density at radius 3 is 1.90 bits per heavy atom. The maximum absolute atomic E-state index is 12.3. The number of hydrogen-bond donors (Lipinski definition) is 2. The minimum absolute atomic E-state index is 0.110. The van der Waals surface area contributed by atoms with Gasteiger partial charge in [-0.05, 0) is 40.2 Å². The molecule has 0 aromatic rings. The summed E-state index contributed by atoms with van der Waals surface area (Å²) in [6.07, 6.45) is 0.547. The quantitative estimate of drug-likeness (QED) is 0.723. The molecule has 0 aromatic carbocycles. The third-order valence-electron chi connectivity index (χ3n) is 3.01. The van der Waals surface area contributed by atoms with Gasteiger partial charge in [-0.25, -0.2) is 0 Å². The number of esters is 1. The molecule has 0 heterocycles. The average Bonchev–Trinajstić information content (AvgIpc) is 2.29. The van der Waals surface area contributed by atoms with E-state index in [1.54, 1.807) is 41.5 Å². The lowest BCUT2D eigenvalue weighted by Gasteiger charge is -2.30. The molecule has 118 valence electrons. The van der Waals surface area contributed by atoms with Gasteiger partial charge >= 0.3 is 5.97 Å². The number of ketones is 1. The van der Waals surface area contributed by atoms with Crippen molar-refractivity contribution in [1.82, 2.24) is 0 Å². The van der Waals surface area contributed by atoms with Crippen molar-refractivity contribution in [3.05, 3.63) is 0 Å². The predicted molar refractivity (Wildman–Crippen MR) is 80.1 cm³/mol. The lowest BCUT2D eigenvalue weighted by atomic mass is 9.84. The molecule has 20 heavy (non-hydrogen) atoms. The fraction of sp³-hybridized carbons (Fsp3) is 0.867. The molecule has 0 spiro atoms. The molecule has 5 heteroatoms. The van der Waals surface area contributed by atoms with Crippen LogP contribution in [0.25, 0.3) is 0 Å². The van der Waals surface area contributed by atoms with Gasteiger partial charge in [0.05, 0.1) is 5.41 Å². The third-order valence-corrected chi connectivity index (χ3v) is 3.01. The van der Waals surface area contributed by atoms with Crippen LogP contribution in [0.5, 0.6) is 0 Å². The minimum atomic E-state index is -0.812. The van der Waals surface area contributed by atoms with E-state index in [1.807, 2.05) is 0 Å². The number of carbonyl (C=O) groups is 2. The number of rotatable bonds is 6. The number of hydrogen-bond acceptors (Lipinski definition) is 5. The van der Waals surface area contributed by atoms with E-state index in [1.165, 1.54) is 0 Å². The molecule has 0 fully saturated rings. The smallest absolute Gasteiger partial charge is 0.311 e. The van der Waals surface area contributed by atoms with E-state index in [-0.39, 0.29) is 11.8 Å². The molecule has 0 aromatic heterocycles. The van der Waals surface area contributed by atoms with Crippen LogP contribution in [0.2, 0.25) is 0 Å². The zero-order valence-electron chi connectivity index (χ0n) is 13.7. The molecule has 0 aliphatic rings. The highest BCUT2D eigenvalue weighted by atomic mass is 16.5. The molecule has 0 aliphatic heterocycles. The topological polar surface area (TPSA) is 95.4 Å². The summed E-state index contributed by atoms with van der Waals surface area (Å²) in [5, 5.41) is 0. The molecule has 4 N–H and O–H groups in total. The summed E-state index contributed by atoms with van der Waals surface area (Å²) < 4.78 is 5.45. The SMILES string of the molecule is CC(C)(C)C(=O)OC(CCCN)C(N)C(=O)C(C)(C)C. The number of Topliss-reactive ketones (excluding diaryl/α,β-unsaturated/α-hetero) is 1. The Morgan fingerprint density at radius 2 is 1.55 bits per heavy atom. The highest BCUT2D eigenvalue weighted by Gasteiger charge is 2.36. The first-order valence-electron chi connectivity index (χ1n) is 7.12. The fourth-order valence-corrected chi connectivity index (χ4v) is 1.61. The van der Waals surface area contributed by atoms with Gasteiger partial charge in [0, 0.05) is 5.41 Å². The maximum Gasteiger partial charge on any atom is 0.311 e. The molecule has 0 amide bonds. The standard InChI is InChI=1S/C15H30N2O3/c1-14(2,3)12(18)11(17)10(8-7-9-16)20-13(19)15(4,5)6/h10-11H,7-9,16-17H2,1-6H3. The molecule has 5 nitrogen and oxygen atoms in total. The zero-order valence-corrected chi connectivity index (χ0v) is 13.7. The van der Waals surface area contributed by atoms with Crippen molar-refractivity contribution < 1.29 is 14.3 Å². The molecule has 2 atom stereocenters. The van der Waals surface area contributed by atoms with Gasteiger partial charge in [-0.1, -0.05) is 20.8 Å². The van der Waals surface area contributed by atoms with Gasteiger partial charge < -0.3 is 16.2 Å². The first-order chi connectivity index (χ1) is 8.91. The van der Waals surface area contributed by atoms with Crippen molar-refractivity contribution in [2.75, 3.05) is 6.54 Å². The molecule has 0 radical (unpaired) electrons. The lowest BCUT2D eigenvalue weighted by molar-refractivity contribution is -0.161. The summed E-state index contributed by atoms with van der Waals surface area (Å²) in [7, 11) is 0. The van der Waals surface area contributed by atoms with Gasteiger partial charge in [-0.15, -0.1) is 0 Å². The first-order valence-corrected chi connectivity index (χ1v) is 7.12. The highest BCUT2D eigenvalue weighted by Crippen LogP contribution is 2.23. The van der Waals surface area contributed by atoms with Gasteiger partial charge in [0.15, 0.2) is 5.78 Å². The van der Waals surface area contributed by atoms with Gasteiger partial charge in [-0.2, -0.15) is 0 Å². The number of nitrogens with two attached hydrogens (primary N) is 2. The first kappa shape index (κ1) is 19.1. The summed E-state index contributed by atoms with van der Waals surface area (Å²) in [5.41, 5.74) is 10.3.